The molecule has 1 atom stereocenters. The molecule has 2 amide bonds. The predicted molar refractivity (Wildman–Crippen MR) is 113 cm³/mol. The van der Waals surface area contributed by atoms with E-state index in [4.69, 9.17) is 0 Å². The maximum atomic E-state index is 13.5. The molecule has 1 saturated heterocycles. The molecular formula is C21H31N3O4S. The number of piperazine rings is 1. The number of nitrogens with zero attached hydrogens (tertiary/aromatic N) is 2. The van der Waals surface area contributed by atoms with Gasteiger partial charge >= 0.3 is 0 Å². The molecule has 7 nitrogen and oxygen atoms in total. The summed E-state index contributed by atoms with van der Waals surface area (Å²) >= 11 is 0. The van der Waals surface area contributed by atoms with Gasteiger partial charge in [0.15, 0.2) is 0 Å². The number of para-hydroxylation sites is 1. The molecule has 1 aromatic carbocycles. The van der Waals surface area contributed by atoms with Crippen molar-refractivity contribution in [3.8, 4) is 0 Å². The third kappa shape index (κ3) is 4.48. The summed E-state index contributed by atoms with van der Waals surface area (Å²) in [5, 5.41) is 3.10. The number of amides is 2. The highest BCUT2D eigenvalue weighted by atomic mass is 32.2. The van der Waals surface area contributed by atoms with E-state index in [0.717, 1.165) is 41.8 Å². The lowest BCUT2D eigenvalue weighted by Crippen LogP contribution is -2.70. The van der Waals surface area contributed by atoms with Crippen LogP contribution in [0.3, 0.4) is 0 Å². The quantitative estimate of drug-likeness (QED) is 0.788. The van der Waals surface area contributed by atoms with Crippen molar-refractivity contribution in [2.45, 2.75) is 64.0 Å². The Labute approximate surface area is 173 Å². The van der Waals surface area contributed by atoms with Crippen LogP contribution in [0.4, 0.5) is 5.69 Å². The first kappa shape index (κ1) is 21.8. The lowest BCUT2D eigenvalue weighted by atomic mass is 9.90. The standard InChI is InChI=1S/C21H31N3O4S/c1-4-16-10-8-9-13-18(16)24-19(25)14-23(29(3,27)28)15-21(24,2)20(26)22-17-11-6-5-7-12-17/h8-10,13,17H,4-7,11-12,14-15H2,1-3H3,(H,22,26)/t21-/m1/s1. The Kier molecular flexibility index (Phi) is 6.33. The monoisotopic (exact) mass is 421 g/mol. The van der Waals surface area contributed by atoms with E-state index in [-0.39, 0.29) is 30.9 Å². The van der Waals surface area contributed by atoms with Gasteiger partial charge in [-0.2, -0.15) is 4.31 Å². The van der Waals surface area contributed by atoms with Crippen molar-refractivity contribution in [2.75, 3.05) is 24.2 Å². The summed E-state index contributed by atoms with van der Waals surface area (Å²) in [4.78, 5) is 28.2. The van der Waals surface area contributed by atoms with Crippen LogP contribution in [-0.4, -0.2) is 55.5 Å². The highest BCUT2D eigenvalue weighted by Gasteiger charge is 2.51. The molecular weight excluding hydrogens is 390 g/mol. The third-order valence-corrected chi connectivity index (χ3v) is 7.25. The Bertz CT molecular complexity index is 880. The highest BCUT2D eigenvalue weighted by Crippen LogP contribution is 2.33. The van der Waals surface area contributed by atoms with Crippen LogP contribution in [0.5, 0.6) is 0 Å². The summed E-state index contributed by atoms with van der Waals surface area (Å²) in [5.41, 5.74) is 0.306. The van der Waals surface area contributed by atoms with Crippen molar-refractivity contribution in [3.63, 3.8) is 0 Å². The van der Waals surface area contributed by atoms with Gasteiger partial charge in [0.05, 0.1) is 12.8 Å². The van der Waals surface area contributed by atoms with Crippen LogP contribution in [0.15, 0.2) is 24.3 Å². The fourth-order valence-corrected chi connectivity index (χ4v) is 5.22. The molecule has 1 aliphatic carbocycles. The Morgan fingerprint density at radius 3 is 2.48 bits per heavy atom. The summed E-state index contributed by atoms with van der Waals surface area (Å²) in [6, 6.07) is 7.58. The second kappa shape index (κ2) is 8.44. The average Bonchev–Trinajstić information content (AvgIpc) is 2.68. The predicted octanol–water partition coefficient (Wildman–Crippen LogP) is 2.06. The molecule has 1 saturated carbocycles. The van der Waals surface area contributed by atoms with E-state index in [9.17, 15) is 18.0 Å². The molecule has 2 fully saturated rings. The molecule has 2 aliphatic rings. The highest BCUT2D eigenvalue weighted by molar-refractivity contribution is 7.88. The normalized spacial score (nSPS) is 24.5. The Morgan fingerprint density at radius 2 is 1.86 bits per heavy atom. The number of benzene rings is 1. The van der Waals surface area contributed by atoms with Gasteiger partial charge in [-0.05, 0) is 37.8 Å². The lowest BCUT2D eigenvalue weighted by molar-refractivity contribution is -0.133. The van der Waals surface area contributed by atoms with Gasteiger partial charge in [0, 0.05) is 18.3 Å². The van der Waals surface area contributed by atoms with Crippen molar-refractivity contribution in [1.82, 2.24) is 9.62 Å². The van der Waals surface area contributed by atoms with Crippen LogP contribution >= 0.6 is 0 Å². The number of anilines is 1. The van der Waals surface area contributed by atoms with Crippen molar-refractivity contribution in [2.24, 2.45) is 0 Å². The fourth-order valence-electron chi connectivity index (χ4n) is 4.39. The van der Waals surface area contributed by atoms with Crippen LogP contribution in [-0.2, 0) is 26.0 Å². The topological polar surface area (TPSA) is 86.8 Å². The number of rotatable bonds is 5. The molecule has 0 unspecified atom stereocenters. The molecule has 3 rings (SSSR count). The van der Waals surface area contributed by atoms with Gasteiger partial charge in [0.2, 0.25) is 21.8 Å². The van der Waals surface area contributed by atoms with Gasteiger partial charge in [-0.1, -0.05) is 44.4 Å². The first-order valence-electron chi connectivity index (χ1n) is 10.3. The van der Waals surface area contributed by atoms with Gasteiger partial charge in [0.1, 0.15) is 5.54 Å². The van der Waals surface area contributed by atoms with Crippen molar-refractivity contribution >= 4 is 27.5 Å². The Balaban J connectivity index is 2.01. The van der Waals surface area contributed by atoms with Gasteiger partial charge in [0.25, 0.3) is 0 Å². The van der Waals surface area contributed by atoms with Crippen LogP contribution in [0.1, 0.15) is 51.5 Å². The minimum absolute atomic E-state index is 0.0613. The van der Waals surface area contributed by atoms with Gasteiger partial charge in [-0.15, -0.1) is 0 Å². The number of nitrogens with one attached hydrogen (secondary N) is 1. The number of sulfonamides is 1. The number of hydrogen-bond acceptors (Lipinski definition) is 4. The first-order chi connectivity index (χ1) is 13.7. The molecule has 0 bridgehead atoms. The summed E-state index contributed by atoms with van der Waals surface area (Å²) in [6.07, 6.45) is 6.91. The zero-order valence-corrected chi connectivity index (χ0v) is 18.3. The first-order valence-corrected chi connectivity index (χ1v) is 12.2. The molecule has 29 heavy (non-hydrogen) atoms. The molecule has 0 aromatic heterocycles. The minimum atomic E-state index is -3.61. The van der Waals surface area contributed by atoms with E-state index >= 15 is 0 Å². The lowest BCUT2D eigenvalue weighted by Gasteiger charge is -2.47. The minimum Gasteiger partial charge on any atom is -0.351 e. The van der Waals surface area contributed by atoms with Gasteiger partial charge < -0.3 is 5.32 Å². The second-order valence-corrected chi connectivity index (χ2v) is 10.3. The van der Waals surface area contributed by atoms with E-state index in [1.165, 1.54) is 11.3 Å². The Hall–Kier alpha value is -1.93. The smallest absolute Gasteiger partial charge is 0.247 e. The molecule has 8 heteroatoms. The van der Waals surface area contributed by atoms with Crippen molar-refractivity contribution in [3.05, 3.63) is 29.8 Å². The summed E-state index contributed by atoms with van der Waals surface area (Å²) < 4.78 is 25.6. The van der Waals surface area contributed by atoms with E-state index in [0.29, 0.717) is 12.1 Å². The molecule has 1 aromatic rings. The van der Waals surface area contributed by atoms with Gasteiger partial charge in [-0.3, -0.25) is 14.5 Å². The summed E-state index contributed by atoms with van der Waals surface area (Å²) in [7, 11) is -3.61. The van der Waals surface area contributed by atoms with Crippen LogP contribution < -0.4 is 10.2 Å². The van der Waals surface area contributed by atoms with Gasteiger partial charge in [-0.25, -0.2) is 8.42 Å². The van der Waals surface area contributed by atoms with Crippen molar-refractivity contribution < 1.29 is 18.0 Å². The SMILES string of the molecule is CCc1ccccc1N1C(=O)CN(S(C)(=O)=O)C[C@]1(C)C(=O)NC1CCCCC1. The van der Waals surface area contributed by atoms with Crippen molar-refractivity contribution in [1.29, 1.82) is 0 Å². The number of aryl methyl sites for hydroxylation is 1. The van der Waals surface area contributed by atoms with E-state index in [2.05, 4.69) is 5.32 Å². The van der Waals surface area contributed by atoms with Crippen LogP contribution in [0.2, 0.25) is 0 Å². The van der Waals surface area contributed by atoms with Crippen LogP contribution in [0.25, 0.3) is 0 Å². The third-order valence-electron chi connectivity index (χ3n) is 6.05. The fraction of sp³-hybridized carbons (Fsp3) is 0.619. The maximum Gasteiger partial charge on any atom is 0.247 e. The maximum absolute atomic E-state index is 13.5. The number of carbonyl (C=O) groups is 2. The van der Waals surface area contributed by atoms with Crippen LogP contribution in [0, 0.1) is 0 Å². The second-order valence-electron chi connectivity index (χ2n) is 8.32. The number of carbonyl (C=O) groups excluding carboxylic acids is 2. The summed E-state index contributed by atoms with van der Waals surface area (Å²) in [6.45, 7) is 3.35. The van der Waals surface area contributed by atoms with E-state index in [1.54, 1.807) is 6.92 Å². The van der Waals surface area contributed by atoms with E-state index < -0.39 is 15.6 Å². The Morgan fingerprint density at radius 1 is 1.21 bits per heavy atom. The van der Waals surface area contributed by atoms with E-state index in [1.807, 2.05) is 31.2 Å². The number of hydrogen-bond donors (Lipinski definition) is 1. The molecule has 0 spiro atoms. The largest absolute Gasteiger partial charge is 0.351 e. The molecule has 1 heterocycles. The molecule has 0 radical (unpaired) electrons. The summed E-state index contributed by atoms with van der Waals surface area (Å²) in [5.74, 6) is -0.680. The average molecular weight is 422 g/mol. The molecule has 1 aliphatic heterocycles. The molecule has 1 N–H and O–H groups in total. The molecule has 160 valence electrons. The zero-order chi connectivity index (χ0) is 21.2. The zero-order valence-electron chi connectivity index (χ0n) is 17.5.